The van der Waals surface area contributed by atoms with Crippen LogP contribution in [0.25, 0.3) is 0 Å². The van der Waals surface area contributed by atoms with E-state index in [1.54, 1.807) is 0 Å². The van der Waals surface area contributed by atoms with Gasteiger partial charge in [0, 0.05) is 0 Å². The minimum absolute atomic E-state index is 0.953. The lowest BCUT2D eigenvalue weighted by Crippen LogP contribution is -1.72. The fraction of sp³-hybridized carbons (Fsp3) is 0.385. The Morgan fingerprint density at radius 2 is 2.08 bits per heavy atom. The van der Waals surface area contributed by atoms with Gasteiger partial charge in [-0.1, -0.05) is 49.8 Å². The van der Waals surface area contributed by atoms with Crippen molar-refractivity contribution in [1.82, 2.24) is 0 Å². The van der Waals surface area contributed by atoms with Crippen molar-refractivity contribution in [2.45, 2.75) is 33.1 Å². The van der Waals surface area contributed by atoms with Crippen LogP contribution in [0.2, 0.25) is 0 Å². The van der Waals surface area contributed by atoms with Gasteiger partial charge in [-0.25, -0.2) is 0 Å². The van der Waals surface area contributed by atoms with Crippen molar-refractivity contribution < 1.29 is 0 Å². The van der Waals surface area contributed by atoms with Gasteiger partial charge in [0.05, 0.1) is 0 Å². The summed E-state index contributed by atoms with van der Waals surface area (Å²) in [5.41, 5.74) is 1.32. The molecule has 0 spiro atoms. The van der Waals surface area contributed by atoms with E-state index < -0.39 is 0 Å². The van der Waals surface area contributed by atoms with E-state index in [-0.39, 0.29) is 0 Å². The van der Waals surface area contributed by atoms with Gasteiger partial charge in [-0.3, -0.25) is 0 Å². The van der Waals surface area contributed by atoms with E-state index in [0.29, 0.717) is 0 Å². The van der Waals surface area contributed by atoms with Gasteiger partial charge < -0.3 is 0 Å². The fourth-order valence-electron chi connectivity index (χ4n) is 0.969. The molecule has 0 saturated carbocycles. The molecule has 0 nitrogen and oxygen atoms in total. The number of unbranched alkanes of at least 4 members (excludes halogenated alkanes) is 1. The summed E-state index contributed by atoms with van der Waals surface area (Å²) in [6, 6.07) is 0. The molecular weight excluding hydrogens is 156 g/mol. The zero-order valence-corrected chi connectivity index (χ0v) is 8.79. The predicted octanol–water partition coefficient (Wildman–Crippen LogP) is 4.42. The Hall–Kier alpha value is -1.04. The first-order valence-electron chi connectivity index (χ1n) is 4.94. The zero-order valence-electron chi connectivity index (χ0n) is 8.79. The van der Waals surface area contributed by atoms with Gasteiger partial charge in [0.1, 0.15) is 0 Å². The first-order chi connectivity index (χ1) is 6.35. The van der Waals surface area contributed by atoms with E-state index in [1.807, 2.05) is 6.08 Å². The first kappa shape index (κ1) is 12.0. The summed E-state index contributed by atoms with van der Waals surface area (Å²) in [6.07, 6.45) is 15.9. The Balaban J connectivity index is 3.86. The van der Waals surface area contributed by atoms with Crippen molar-refractivity contribution >= 4 is 0 Å². The molecule has 0 fully saturated rings. The third-order valence-electron chi connectivity index (χ3n) is 1.76. The van der Waals surface area contributed by atoms with Crippen LogP contribution in [0, 0.1) is 0 Å². The molecule has 0 radical (unpaired) electrons. The van der Waals surface area contributed by atoms with Crippen molar-refractivity contribution in [3.05, 3.63) is 48.6 Å². The van der Waals surface area contributed by atoms with Crippen LogP contribution < -0.4 is 0 Å². The highest BCUT2D eigenvalue weighted by Gasteiger charge is 1.83. The molecule has 0 atom stereocenters. The molecule has 0 heterocycles. The van der Waals surface area contributed by atoms with Crippen LogP contribution in [0.15, 0.2) is 48.6 Å². The van der Waals surface area contributed by atoms with Gasteiger partial charge in [-0.15, -0.1) is 6.58 Å². The largest absolute Gasteiger partial charge is 0.103 e. The van der Waals surface area contributed by atoms with Crippen molar-refractivity contribution in [2.24, 2.45) is 0 Å². The Morgan fingerprint density at radius 3 is 2.62 bits per heavy atom. The molecule has 0 unspecified atom stereocenters. The van der Waals surface area contributed by atoms with Crippen molar-refractivity contribution in [2.75, 3.05) is 0 Å². The van der Waals surface area contributed by atoms with Crippen LogP contribution in [0.3, 0.4) is 0 Å². The normalized spacial score (nSPS) is 12.9. The molecule has 0 N–H and O–H groups in total. The molecule has 0 rings (SSSR count). The Bertz CT molecular complexity index is 204. The summed E-state index contributed by atoms with van der Waals surface area (Å²) in [5.74, 6) is 0. The third-order valence-corrected chi connectivity index (χ3v) is 1.76. The van der Waals surface area contributed by atoms with Crippen molar-refractivity contribution in [3.63, 3.8) is 0 Å². The molecule has 72 valence electrons. The minimum Gasteiger partial charge on any atom is -0.103 e. The van der Waals surface area contributed by atoms with E-state index in [2.05, 4.69) is 50.8 Å². The second-order valence-electron chi connectivity index (χ2n) is 2.93. The highest BCUT2D eigenvalue weighted by atomic mass is 13.9. The van der Waals surface area contributed by atoms with Crippen LogP contribution in [0.1, 0.15) is 33.1 Å². The third kappa shape index (κ3) is 7.32. The van der Waals surface area contributed by atoms with E-state index >= 15 is 0 Å². The van der Waals surface area contributed by atoms with Crippen molar-refractivity contribution in [1.29, 1.82) is 0 Å². The van der Waals surface area contributed by atoms with Crippen molar-refractivity contribution in [3.8, 4) is 0 Å². The fourth-order valence-corrected chi connectivity index (χ4v) is 0.969. The molecule has 0 amide bonds. The maximum Gasteiger partial charge on any atom is -0.0103 e. The summed E-state index contributed by atoms with van der Waals surface area (Å²) in [6.45, 7) is 7.95. The van der Waals surface area contributed by atoms with Gasteiger partial charge in [-0.2, -0.15) is 0 Å². The molecule has 0 aliphatic heterocycles. The monoisotopic (exact) mass is 176 g/mol. The second kappa shape index (κ2) is 9.05. The average Bonchev–Trinajstić information content (AvgIpc) is 2.16. The van der Waals surface area contributed by atoms with E-state index in [1.165, 1.54) is 12.0 Å². The lowest BCUT2D eigenvalue weighted by Gasteiger charge is -1.92. The van der Waals surface area contributed by atoms with Gasteiger partial charge in [0.15, 0.2) is 0 Å². The molecule has 0 aromatic rings. The maximum absolute atomic E-state index is 3.71. The number of rotatable bonds is 6. The number of hydrogen-bond acceptors (Lipinski definition) is 0. The molecule has 0 aliphatic carbocycles. The summed E-state index contributed by atoms with van der Waals surface area (Å²) >= 11 is 0. The van der Waals surface area contributed by atoms with Crippen LogP contribution in [0.5, 0.6) is 0 Å². The second-order valence-corrected chi connectivity index (χ2v) is 2.93. The molecule has 0 saturated heterocycles. The Kier molecular flexibility index (Phi) is 8.33. The van der Waals surface area contributed by atoms with Crippen LogP contribution in [0.4, 0.5) is 0 Å². The predicted molar refractivity (Wildman–Crippen MR) is 61.8 cm³/mol. The standard InChI is InChI=1S/C13H20/c1-4-7-8-9-10-12-13(6-3)11-5-2/h5-6,8-10,12H,2,4,7,11H2,1,3H3. The highest BCUT2D eigenvalue weighted by Crippen LogP contribution is 2.03. The Labute approximate surface area is 82.4 Å². The maximum atomic E-state index is 3.71. The first-order valence-corrected chi connectivity index (χ1v) is 4.94. The van der Waals surface area contributed by atoms with Crippen LogP contribution >= 0.6 is 0 Å². The molecule has 0 aromatic carbocycles. The highest BCUT2D eigenvalue weighted by molar-refractivity contribution is 5.23. The molecule has 13 heavy (non-hydrogen) atoms. The van der Waals surface area contributed by atoms with Crippen LogP contribution in [-0.4, -0.2) is 0 Å². The number of allylic oxidation sites excluding steroid dienone is 7. The van der Waals surface area contributed by atoms with Crippen LogP contribution in [-0.2, 0) is 0 Å². The van der Waals surface area contributed by atoms with Gasteiger partial charge >= 0.3 is 0 Å². The SMILES string of the molecule is C=CCC(C=CC=CCCC)=CC. The molecule has 0 aromatic heterocycles. The quantitative estimate of drug-likeness (QED) is 0.415. The van der Waals surface area contributed by atoms with Gasteiger partial charge in [0.2, 0.25) is 0 Å². The summed E-state index contributed by atoms with van der Waals surface area (Å²) in [4.78, 5) is 0. The van der Waals surface area contributed by atoms with E-state index in [4.69, 9.17) is 0 Å². The summed E-state index contributed by atoms with van der Waals surface area (Å²) in [7, 11) is 0. The Morgan fingerprint density at radius 1 is 1.31 bits per heavy atom. The van der Waals surface area contributed by atoms with Gasteiger partial charge in [0.25, 0.3) is 0 Å². The lowest BCUT2D eigenvalue weighted by molar-refractivity contribution is 0.959. The minimum atomic E-state index is 0.953. The average molecular weight is 176 g/mol. The molecule has 0 aliphatic rings. The van der Waals surface area contributed by atoms with E-state index in [0.717, 1.165) is 12.8 Å². The lowest BCUT2D eigenvalue weighted by atomic mass is 10.1. The van der Waals surface area contributed by atoms with Gasteiger partial charge in [-0.05, 0) is 25.3 Å². The zero-order chi connectivity index (χ0) is 9.94. The van der Waals surface area contributed by atoms with E-state index in [9.17, 15) is 0 Å². The summed E-state index contributed by atoms with van der Waals surface area (Å²) < 4.78 is 0. The molecular formula is C13H20. The molecule has 0 bridgehead atoms. The topological polar surface area (TPSA) is 0 Å². The smallest absolute Gasteiger partial charge is 0.0103 e. The summed E-state index contributed by atoms with van der Waals surface area (Å²) in [5, 5.41) is 0. The molecule has 0 heteroatoms. The number of hydrogen-bond donors (Lipinski definition) is 0.